The third kappa shape index (κ3) is 3.49. The van der Waals surface area contributed by atoms with Crippen LogP contribution in [0.15, 0.2) is 28.4 Å². The van der Waals surface area contributed by atoms with Crippen LogP contribution in [0, 0.1) is 13.8 Å². The molecule has 0 saturated heterocycles. The summed E-state index contributed by atoms with van der Waals surface area (Å²) < 4.78 is 0. The van der Waals surface area contributed by atoms with Crippen LogP contribution in [-0.4, -0.2) is 40.1 Å². The van der Waals surface area contributed by atoms with E-state index in [1.54, 1.807) is 30.2 Å². The molecular weight excluding hydrogens is 288 g/mol. The van der Waals surface area contributed by atoms with Crippen LogP contribution in [-0.2, 0) is 0 Å². The molecule has 0 aliphatic heterocycles. The van der Waals surface area contributed by atoms with Gasteiger partial charge in [0, 0.05) is 26.0 Å². The molecule has 0 fully saturated rings. The molecule has 0 spiro atoms. The van der Waals surface area contributed by atoms with E-state index in [1.165, 1.54) is 11.8 Å². The van der Waals surface area contributed by atoms with Crippen molar-refractivity contribution in [2.75, 3.05) is 19.0 Å². The van der Waals surface area contributed by atoms with E-state index < -0.39 is 5.97 Å². The molecule has 0 unspecified atom stereocenters. The quantitative estimate of drug-likeness (QED) is 0.869. The van der Waals surface area contributed by atoms with Crippen molar-refractivity contribution in [3.63, 3.8) is 0 Å². The highest BCUT2D eigenvalue weighted by Gasteiger charge is 2.17. The summed E-state index contributed by atoms with van der Waals surface area (Å²) in [6.45, 7) is 3.61. The minimum absolute atomic E-state index is 0.218. The van der Waals surface area contributed by atoms with Crippen LogP contribution in [0.4, 0.5) is 5.95 Å². The number of aromatic carboxylic acids is 1. The van der Waals surface area contributed by atoms with Crippen LogP contribution in [0.3, 0.4) is 0 Å². The van der Waals surface area contributed by atoms with E-state index >= 15 is 0 Å². The molecular formula is C14H16N4O2S. The topological polar surface area (TPSA) is 79.2 Å². The van der Waals surface area contributed by atoms with E-state index in [0.29, 0.717) is 21.6 Å². The number of anilines is 1. The van der Waals surface area contributed by atoms with E-state index in [9.17, 15) is 9.90 Å². The summed E-state index contributed by atoms with van der Waals surface area (Å²) in [5.41, 5.74) is 1.69. The molecule has 2 aromatic heterocycles. The molecule has 0 radical (unpaired) electrons. The molecule has 110 valence electrons. The van der Waals surface area contributed by atoms with Crippen molar-refractivity contribution < 1.29 is 9.90 Å². The molecule has 0 bridgehead atoms. The van der Waals surface area contributed by atoms with Gasteiger partial charge in [0.25, 0.3) is 0 Å². The second-order valence-electron chi connectivity index (χ2n) is 4.76. The number of nitrogens with zero attached hydrogens (tertiary/aromatic N) is 4. The minimum Gasteiger partial charge on any atom is -0.478 e. The zero-order valence-electron chi connectivity index (χ0n) is 12.3. The second-order valence-corrected chi connectivity index (χ2v) is 5.77. The Morgan fingerprint density at radius 2 is 2.00 bits per heavy atom. The summed E-state index contributed by atoms with van der Waals surface area (Å²) in [6, 6.07) is 3.50. The molecule has 2 heterocycles. The number of aryl methyl sites for hydroxylation is 2. The van der Waals surface area contributed by atoms with E-state index in [-0.39, 0.29) is 5.56 Å². The van der Waals surface area contributed by atoms with Crippen molar-refractivity contribution in [3.8, 4) is 0 Å². The fourth-order valence-electron chi connectivity index (χ4n) is 1.84. The van der Waals surface area contributed by atoms with Crippen molar-refractivity contribution in [1.29, 1.82) is 0 Å². The lowest BCUT2D eigenvalue weighted by Gasteiger charge is -2.12. The maximum Gasteiger partial charge on any atom is 0.338 e. The Hall–Kier alpha value is -2.15. The van der Waals surface area contributed by atoms with Crippen LogP contribution < -0.4 is 4.90 Å². The Bertz CT molecular complexity index is 689. The number of rotatable bonds is 4. The molecule has 1 N–H and O–H groups in total. The SMILES string of the molecule is Cc1cc(C)c(C(=O)O)c(Sc2ccnc(N(C)C)n2)n1. The number of pyridine rings is 1. The first-order chi connectivity index (χ1) is 9.88. The minimum atomic E-state index is -0.982. The highest BCUT2D eigenvalue weighted by atomic mass is 32.2. The van der Waals surface area contributed by atoms with E-state index in [0.717, 1.165) is 5.69 Å². The largest absolute Gasteiger partial charge is 0.478 e. The van der Waals surface area contributed by atoms with Gasteiger partial charge in [0.1, 0.15) is 10.1 Å². The lowest BCUT2D eigenvalue weighted by atomic mass is 10.1. The standard InChI is InChI=1S/C14H16N4O2S/c1-8-7-9(2)16-12(11(8)13(19)20)21-10-5-6-15-14(17-10)18(3)4/h5-7H,1-4H3,(H,19,20). The zero-order valence-corrected chi connectivity index (χ0v) is 13.1. The first-order valence-corrected chi connectivity index (χ1v) is 7.10. The fourth-order valence-corrected chi connectivity index (χ4v) is 2.83. The Kier molecular flexibility index (Phi) is 4.42. The maximum absolute atomic E-state index is 11.4. The number of hydrogen-bond donors (Lipinski definition) is 1. The number of carboxylic acid groups (broad SMARTS) is 1. The summed E-state index contributed by atoms with van der Waals surface area (Å²) in [4.78, 5) is 26.1. The molecule has 0 amide bonds. The molecule has 0 saturated carbocycles. The Morgan fingerprint density at radius 3 is 2.62 bits per heavy atom. The van der Waals surface area contributed by atoms with Crippen molar-refractivity contribution in [2.45, 2.75) is 23.9 Å². The monoisotopic (exact) mass is 304 g/mol. The van der Waals surface area contributed by atoms with Crippen LogP contribution >= 0.6 is 11.8 Å². The van der Waals surface area contributed by atoms with Crippen molar-refractivity contribution in [3.05, 3.63) is 35.2 Å². The normalized spacial score (nSPS) is 10.5. The predicted octanol–water partition coefficient (Wildman–Crippen LogP) is 2.40. The van der Waals surface area contributed by atoms with E-state index in [1.807, 2.05) is 21.0 Å². The van der Waals surface area contributed by atoms with Gasteiger partial charge in [0.05, 0.1) is 5.56 Å². The number of carbonyl (C=O) groups is 1. The van der Waals surface area contributed by atoms with E-state index in [2.05, 4.69) is 15.0 Å². The molecule has 21 heavy (non-hydrogen) atoms. The Morgan fingerprint density at radius 1 is 1.29 bits per heavy atom. The predicted molar refractivity (Wildman–Crippen MR) is 81.2 cm³/mol. The third-order valence-electron chi connectivity index (χ3n) is 2.74. The molecule has 7 heteroatoms. The first kappa shape index (κ1) is 15.2. The van der Waals surface area contributed by atoms with E-state index in [4.69, 9.17) is 0 Å². The van der Waals surface area contributed by atoms with Crippen molar-refractivity contribution >= 4 is 23.7 Å². The van der Waals surface area contributed by atoms with Gasteiger partial charge in [-0.25, -0.2) is 19.7 Å². The Labute approximate surface area is 127 Å². The van der Waals surface area contributed by atoms with Gasteiger partial charge in [-0.05, 0) is 43.3 Å². The lowest BCUT2D eigenvalue weighted by molar-refractivity contribution is 0.0691. The third-order valence-corrected chi connectivity index (χ3v) is 3.67. The average Bonchev–Trinajstić information content (AvgIpc) is 2.37. The van der Waals surface area contributed by atoms with Crippen LogP contribution in [0.5, 0.6) is 0 Å². The van der Waals surface area contributed by atoms with Gasteiger partial charge in [0.2, 0.25) is 5.95 Å². The van der Waals surface area contributed by atoms with Crippen LogP contribution in [0.25, 0.3) is 0 Å². The summed E-state index contributed by atoms with van der Waals surface area (Å²) in [5.74, 6) is -0.411. The van der Waals surface area contributed by atoms with Gasteiger partial charge in [-0.3, -0.25) is 0 Å². The lowest BCUT2D eigenvalue weighted by Crippen LogP contribution is -2.12. The summed E-state index contributed by atoms with van der Waals surface area (Å²) in [7, 11) is 3.70. The smallest absolute Gasteiger partial charge is 0.338 e. The first-order valence-electron chi connectivity index (χ1n) is 6.28. The van der Waals surface area contributed by atoms with Crippen molar-refractivity contribution in [2.24, 2.45) is 0 Å². The second kappa shape index (κ2) is 6.09. The molecule has 6 nitrogen and oxygen atoms in total. The van der Waals surface area contributed by atoms with Gasteiger partial charge in [0.15, 0.2) is 0 Å². The maximum atomic E-state index is 11.4. The van der Waals surface area contributed by atoms with Gasteiger partial charge in [-0.2, -0.15) is 0 Å². The van der Waals surface area contributed by atoms with Crippen LogP contribution in [0.2, 0.25) is 0 Å². The highest BCUT2D eigenvalue weighted by Crippen LogP contribution is 2.30. The Balaban J connectivity index is 2.44. The molecule has 2 rings (SSSR count). The molecule has 0 aliphatic rings. The van der Waals surface area contributed by atoms with Gasteiger partial charge < -0.3 is 10.0 Å². The molecule has 2 aromatic rings. The van der Waals surface area contributed by atoms with Gasteiger partial charge >= 0.3 is 5.97 Å². The summed E-state index contributed by atoms with van der Waals surface area (Å²) in [6.07, 6.45) is 1.65. The van der Waals surface area contributed by atoms with Crippen LogP contribution in [0.1, 0.15) is 21.6 Å². The highest BCUT2D eigenvalue weighted by molar-refractivity contribution is 7.99. The summed E-state index contributed by atoms with van der Waals surface area (Å²) in [5, 5.41) is 10.5. The molecule has 0 atom stereocenters. The van der Waals surface area contributed by atoms with Gasteiger partial charge in [-0.15, -0.1) is 0 Å². The number of carboxylic acids is 1. The zero-order chi connectivity index (χ0) is 15.6. The average molecular weight is 304 g/mol. The molecule has 0 aromatic carbocycles. The number of hydrogen-bond acceptors (Lipinski definition) is 6. The fraction of sp³-hybridized carbons (Fsp3) is 0.286. The summed E-state index contributed by atoms with van der Waals surface area (Å²) >= 11 is 1.23. The van der Waals surface area contributed by atoms with Crippen molar-refractivity contribution in [1.82, 2.24) is 15.0 Å². The number of aromatic nitrogens is 3. The molecule has 0 aliphatic carbocycles. The van der Waals surface area contributed by atoms with Gasteiger partial charge in [-0.1, -0.05) is 0 Å².